The van der Waals surface area contributed by atoms with Crippen molar-refractivity contribution in [2.45, 2.75) is 37.4 Å². The zero-order chi connectivity index (χ0) is 17.1. The average molecular weight is 324 g/mol. The second-order valence-electron chi connectivity index (χ2n) is 7.52. The molecule has 0 radical (unpaired) electrons. The van der Waals surface area contributed by atoms with Crippen molar-refractivity contribution in [2.24, 2.45) is 0 Å². The first-order chi connectivity index (χ1) is 12.3. The average Bonchev–Trinajstić information content (AvgIpc) is 2.70. The van der Waals surface area contributed by atoms with Crippen molar-refractivity contribution < 1.29 is 0 Å². The Morgan fingerprint density at radius 3 is 1.48 bits per heavy atom. The standard InChI is InChI=1S/C24H25B/c25-24-16-14-23(15-17-24)22-12-10-21(11-13-22)20-8-6-19(7-9-20)18-4-2-1-3-5-18/h1-13,23-24H,14-17,25H2. The molecule has 1 fully saturated rings. The molecule has 3 aromatic carbocycles. The van der Waals surface area contributed by atoms with Gasteiger partial charge in [-0.1, -0.05) is 97.5 Å². The Hall–Kier alpha value is -2.28. The molecule has 0 unspecified atom stereocenters. The fourth-order valence-corrected chi connectivity index (χ4v) is 4.03. The highest BCUT2D eigenvalue weighted by molar-refractivity contribution is 6.11. The highest BCUT2D eigenvalue weighted by Gasteiger charge is 2.19. The third-order valence-electron chi connectivity index (χ3n) is 5.72. The summed E-state index contributed by atoms with van der Waals surface area (Å²) in [5, 5.41) is 0. The molecule has 0 saturated heterocycles. The molecule has 0 N–H and O–H groups in total. The summed E-state index contributed by atoms with van der Waals surface area (Å²) in [4.78, 5) is 0. The van der Waals surface area contributed by atoms with Gasteiger partial charge in [-0.2, -0.15) is 0 Å². The van der Waals surface area contributed by atoms with Crippen molar-refractivity contribution in [3.05, 3.63) is 84.4 Å². The van der Waals surface area contributed by atoms with E-state index in [1.54, 1.807) is 0 Å². The predicted octanol–water partition coefficient (Wildman–Crippen LogP) is 6.10. The van der Waals surface area contributed by atoms with Crippen LogP contribution in [0.2, 0.25) is 5.82 Å². The van der Waals surface area contributed by atoms with E-state index in [-0.39, 0.29) is 0 Å². The summed E-state index contributed by atoms with van der Waals surface area (Å²) in [6, 6.07) is 28.8. The normalized spacial score (nSPS) is 20.3. The van der Waals surface area contributed by atoms with Crippen LogP contribution in [0.25, 0.3) is 22.3 Å². The molecule has 0 nitrogen and oxygen atoms in total. The summed E-state index contributed by atoms with van der Waals surface area (Å²) in [6.45, 7) is 0. The number of hydrogen-bond donors (Lipinski definition) is 0. The molecule has 4 rings (SSSR count). The molecule has 1 heteroatoms. The van der Waals surface area contributed by atoms with Gasteiger partial charge in [-0.25, -0.2) is 0 Å². The lowest BCUT2D eigenvalue weighted by atomic mass is 9.70. The van der Waals surface area contributed by atoms with Crippen molar-refractivity contribution in [1.82, 2.24) is 0 Å². The summed E-state index contributed by atoms with van der Waals surface area (Å²) in [7, 11) is 2.39. The summed E-state index contributed by atoms with van der Waals surface area (Å²) in [5.74, 6) is 1.68. The maximum Gasteiger partial charge on any atom is 0.105 e. The van der Waals surface area contributed by atoms with Crippen molar-refractivity contribution >= 4 is 7.85 Å². The lowest BCUT2D eigenvalue weighted by Crippen LogP contribution is -2.09. The summed E-state index contributed by atoms with van der Waals surface area (Å²) < 4.78 is 0. The lowest BCUT2D eigenvalue weighted by molar-refractivity contribution is 0.444. The molecule has 0 atom stereocenters. The van der Waals surface area contributed by atoms with E-state index in [0.29, 0.717) is 0 Å². The Morgan fingerprint density at radius 2 is 0.960 bits per heavy atom. The van der Waals surface area contributed by atoms with Crippen LogP contribution in [0.4, 0.5) is 0 Å². The van der Waals surface area contributed by atoms with Crippen LogP contribution in [-0.2, 0) is 0 Å². The monoisotopic (exact) mass is 324 g/mol. The van der Waals surface area contributed by atoms with E-state index < -0.39 is 0 Å². The van der Waals surface area contributed by atoms with Crippen LogP contribution in [0.5, 0.6) is 0 Å². The Labute approximate surface area is 152 Å². The van der Waals surface area contributed by atoms with Gasteiger partial charge >= 0.3 is 0 Å². The smallest absolute Gasteiger partial charge is 0.0697 e. The van der Waals surface area contributed by atoms with Crippen LogP contribution >= 0.6 is 0 Å². The van der Waals surface area contributed by atoms with E-state index >= 15 is 0 Å². The summed E-state index contributed by atoms with van der Waals surface area (Å²) >= 11 is 0. The maximum absolute atomic E-state index is 2.39. The lowest BCUT2D eigenvalue weighted by Gasteiger charge is -2.26. The van der Waals surface area contributed by atoms with E-state index in [2.05, 4.69) is 86.7 Å². The highest BCUT2D eigenvalue weighted by Crippen LogP contribution is 2.37. The maximum atomic E-state index is 2.39. The van der Waals surface area contributed by atoms with E-state index in [1.807, 2.05) is 0 Å². The number of hydrogen-bond acceptors (Lipinski definition) is 0. The van der Waals surface area contributed by atoms with Crippen LogP contribution in [0.1, 0.15) is 37.2 Å². The van der Waals surface area contributed by atoms with E-state index in [4.69, 9.17) is 0 Å². The molecule has 0 heterocycles. The molecule has 0 aliphatic heterocycles. The van der Waals surface area contributed by atoms with E-state index in [9.17, 15) is 0 Å². The van der Waals surface area contributed by atoms with Crippen LogP contribution in [0.15, 0.2) is 78.9 Å². The zero-order valence-corrected chi connectivity index (χ0v) is 15.0. The first kappa shape index (κ1) is 16.2. The molecule has 1 aliphatic rings. The quantitative estimate of drug-likeness (QED) is 0.511. The van der Waals surface area contributed by atoms with Crippen molar-refractivity contribution in [2.75, 3.05) is 0 Å². The van der Waals surface area contributed by atoms with Crippen LogP contribution in [0.3, 0.4) is 0 Å². The van der Waals surface area contributed by atoms with Gasteiger partial charge in [0.15, 0.2) is 0 Å². The Bertz CT molecular complexity index is 795. The molecule has 1 saturated carbocycles. The van der Waals surface area contributed by atoms with Crippen LogP contribution in [0, 0.1) is 0 Å². The third-order valence-corrected chi connectivity index (χ3v) is 5.72. The molecule has 0 amide bonds. The SMILES string of the molecule is BC1CCC(c2ccc(-c3ccc(-c4ccccc4)cc3)cc2)CC1. The first-order valence-electron chi connectivity index (χ1n) is 9.55. The van der Waals surface area contributed by atoms with Crippen molar-refractivity contribution in [3.63, 3.8) is 0 Å². The minimum Gasteiger partial charge on any atom is -0.0697 e. The van der Waals surface area contributed by atoms with E-state index in [0.717, 1.165) is 11.7 Å². The first-order valence-corrected chi connectivity index (χ1v) is 9.55. The van der Waals surface area contributed by atoms with Gasteiger partial charge in [-0.15, -0.1) is 0 Å². The number of rotatable bonds is 3. The Balaban J connectivity index is 1.50. The molecule has 3 aromatic rings. The fourth-order valence-electron chi connectivity index (χ4n) is 4.03. The molecule has 124 valence electrons. The molecule has 25 heavy (non-hydrogen) atoms. The Kier molecular flexibility index (Phi) is 4.74. The summed E-state index contributed by atoms with van der Waals surface area (Å²) in [6.07, 6.45) is 5.47. The molecular weight excluding hydrogens is 299 g/mol. The van der Waals surface area contributed by atoms with Gasteiger partial charge in [-0.3, -0.25) is 0 Å². The third kappa shape index (κ3) is 3.71. The predicted molar refractivity (Wildman–Crippen MR) is 111 cm³/mol. The van der Waals surface area contributed by atoms with Gasteiger partial charge in [0.25, 0.3) is 0 Å². The highest BCUT2D eigenvalue weighted by atomic mass is 14.2. The summed E-state index contributed by atoms with van der Waals surface area (Å²) in [5.41, 5.74) is 6.68. The molecule has 1 aliphatic carbocycles. The minimum atomic E-state index is 0.769. The fraction of sp³-hybridized carbons (Fsp3) is 0.250. The van der Waals surface area contributed by atoms with Crippen molar-refractivity contribution in [3.8, 4) is 22.3 Å². The van der Waals surface area contributed by atoms with Gasteiger partial charge in [-0.05, 0) is 46.6 Å². The zero-order valence-electron chi connectivity index (χ0n) is 15.0. The molecule has 0 bridgehead atoms. The topological polar surface area (TPSA) is 0 Å². The van der Waals surface area contributed by atoms with Crippen molar-refractivity contribution in [1.29, 1.82) is 0 Å². The van der Waals surface area contributed by atoms with Gasteiger partial charge in [0, 0.05) is 0 Å². The van der Waals surface area contributed by atoms with E-state index in [1.165, 1.54) is 53.5 Å². The van der Waals surface area contributed by atoms with Gasteiger partial charge in [0.1, 0.15) is 7.85 Å². The minimum absolute atomic E-state index is 0.769. The molecular formula is C24H25B. The Morgan fingerprint density at radius 1 is 0.520 bits per heavy atom. The number of benzene rings is 3. The largest absolute Gasteiger partial charge is 0.105 e. The van der Waals surface area contributed by atoms with Gasteiger partial charge in [0.2, 0.25) is 0 Å². The molecule has 0 spiro atoms. The van der Waals surface area contributed by atoms with Gasteiger partial charge in [0.05, 0.1) is 0 Å². The second-order valence-corrected chi connectivity index (χ2v) is 7.52. The van der Waals surface area contributed by atoms with Crippen LogP contribution < -0.4 is 0 Å². The van der Waals surface area contributed by atoms with Gasteiger partial charge < -0.3 is 0 Å². The van der Waals surface area contributed by atoms with Crippen LogP contribution in [-0.4, -0.2) is 7.85 Å². The second kappa shape index (κ2) is 7.31. The molecule has 0 aromatic heterocycles.